The number of nitrogens with zero attached hydrogens (tertiary/aromatic N) is 1. The molecular weight excluding hydrogens is 491 g/mol. The average Bonchev–Trinajstić information content (AvgIpc) is 3.16. The fraction of sp³-hybridized carbons (Fsp3) is 0.143. The van der Waals surface area contributed by atoms with E-state index >= 15 is 0 Å². The smallest absolute Gasteiger partial charge is 0.234 e. The van der Waals surface area contributed by atoms with Gasteiger partial charge < -0.3 is 16.0 Å². The van der Waals surface area contributed by atoms with Crippen LogP contribution in [-0.4, -0.2) is 28.5 Å². The van der Waals surface area contributed by atoms with Crippen molar-refractivity contribution in [2.75, 3.05) is 21.7 Å². The normalized spacial score (nSPS) is 10.5. The lowest BCUT2D eigenvalue weighted by atomic mass is 10.2. The molecule has 2 aromatic carbocycles. The van der Waals surface area contributed by atoms with E-state index in [4.69, 9.17) is 23.2 Å². The molecule has 166 valence electrons. The highest BCUT2D eigenvalue weighted by Gasteiger charge is 2.11. The van der Waals surface area contributed by atoms with Gasteiger partial charge in [0.15, 0.2) is 4.34 Å². The monoisotopic (exact) mass is 508 g/mol. The maximum absolute atomic E-state index is 12.2. The highest BCUT2D eigenvalue weighted by atomic mass is 35.5. The van der Waals surface area contributed by atoms with Gasteiger partial charge in [-0.3, -0.25) is 14.4 Å². The lowest BCUT2D eigenvalue weighted by Crippen LogP contribution is -2.15. The second kappa shape index (κ2) is 11.3. The fourth-order valence-corrected chi connectivity index (χ4v) is 4.52. The van der Waals surface area contributed by atoms with Crippen molar-refractivity contribution in [1.82, 2.24) is 4.98 Å². The van der Waals surface area contributed by atoms with Gasteiger partial charge in [-0.15, -0.1) is 11.3 Å². The molecule has 32 heavy (non-hydrogen) atoms. The lowest BCUT2D eigenvalue weighted by molar-refractivity contribution is -0.116. The van der Waals surface area contributed by atoms with Crippen molar-refractivity contribution in [1.29, 1.82) is 0 Å². The summed E-state index contributed by atoms with van der Waals surface area (Å²) in [7, 11) is 0. The molecule has 0 bridgehead atoms. The van der Waals surface area contributed by atoms with Gasteiger partial charge in [-0.05, 0) is 36.4 Å². The Balaban J connectivity index is 1.47. The molecule has 3 aromatic rings. The van der Waals surface area contributed by atoms with Crippen LogP contribution in [0.5, 0.6) is 0 Å². The first-order valence-corrected chi connectivity index (χ1v) is 11.9. The molecule has 0 radical (unpaired) electrons. The van der Waals surface area contributed by atoms with Gasteiger partial charge in [0.2, 0.25) is 17.7 Å². The number of nitrogens with one attached hydrogen (secondary N) is 3. The zero-order chi connectivity index (χ0) is 23.1. The number of halogens is 2. The van der Waals surface area contributed by atoms with Gasteiger partial charge >= 0.3 is 0 Å². The van der Waals surface area contributed by atoms with Crippen molar-refractivity contribution in [3.8, 4) is 0 Å². The minimum Gasteiger partial charge on any atom is -0.326 e. The van der Waals surface area contributed by atoms with E-state index < -0.39 is 0 Å². The van der Waals surface area contributed by atoms with Crippen molar-refractivity contribution in [3.63, 3.8) is 0 Å². The van der Waals surface area contributed by atoms with Crippen LogP contribution in [0.4, 0.5) is 17.1 Å². The van der Waals surface area contributed by atoms with E-state index in [0.717, 1.165) is 0 Å². The summed E-state index contributed by atoms with van der Waals surface area (Å²) in [5.41, 5.74) is 2.35. The number of hydrogen-bond donors (Lipinski definition) is 3. The van der Waals surface area contributed by atoms with Crippen molar-refractivity contribution >= 4 is 81.1 Å². The maximum Gasteiger partial charge on any atom is 0.234 e. The second-order valence-corrected chi connectivity index (χ2v) is 9.45. The number of carbonyl (C=O) groups is 3. The first-order valence-electron chi connectivity index (χ1n) is 9.28. The van der Waals surface area contributed by atoms with Crippen molar-refractivity contribution in [2.45, 2.75) is 17.7 Å². The van der Waals surface area contributed by atoms with Crippen LogP contribution in [0.1, 0.15) is 12.6 Å². The summed E-state index contributed by atoms with van der Waals surface area (Å²) < 4.78 is 0.685. The minimum atomic E-state index is -0.234. The van der Waals surface area contributed by atoms with Gasteiger partial charge in [0, 0.05) is 29.4 Å². The predicted octanol–water partition coefficient (Wildman–Crippen LogP) is 5.32. The average molecular weight is 509 g/mol. The molecule has 0 spiro atoms. The Hall–Kier alpha value is -2.59. The van der Waals surface area contributed by atoms with Crippen molar-refractivity contribution in [2.24, 2.45) is 0 Å². The summed E-state index contributed by atoms with van der Waals surface area (Å²) in [6, 6.07) is 11.7. The van der Waals surface area contributed by atoms with Crippen LogP contribution in [0, 0.1) is 0 Å². The van der Waals surface area contributed by atoms with E-state index in [1.807, 2.05) is 0 Å². The van der Waals surface area contributed by atoms with Gasteiger partial charge in [0.25, 0.3) is 0 Å². The molecule has 0 aliphatic rings. The van der Waals surface area contributed by atoms with Crippen LogP contribution >= 0.6 is 46.3 Å². The van der Waals surface area contributed by atoms with Gasteiger partial charge in [0.1, 0.15) is 0 Å². The third kappa shape index (κ3) is 7.52. The molecule has 0 unspecified atom stereocenters. The molecule has 1 aromatic heterocycles. The molecule has 3 amide bonds. The first kappa shape index (κ1) is 24.1. The Morgan fingerprint density at radius 1 is 0.938 bits per heavy atom. The number of aromatic nitrogens is 1. The number of amides is 3. The number of anilines is 3. The Morgan fingerprint density at radius 2 is 1.62 bits per heavy atom. The van der Waals surface area contributed by atoms with Gasteiger partial charge in [0.05, 0.1) is 27.9 Å². The fourth-order valence-electron chi connectivity index (χ4n) is 2.58. The topological polar surface area (TPSA) is 100 Å². The zero-order valence-electron chi connectivity index (χ0n) is 16.8. The number of carbonyl (C=O) groups excluding carboxylic acids is 3. The quantitative estimate of drug-likeness (QED) is 0.357. The number of thiazole rings is 1. The summed E-state index contributed by atoms with van der Waals surface area (Å²) in [6.45, 7) is 1.42. The molecule has 0 atom stereocenters. The standard InChI is InChI=1S/C21H18Cl2N4O3S2/c1-12(28)24-13-3-2-4-14(7-13)26-20(30)11-32-21-27-16(10-31-21)9-19(29)25-15-5-6-17(22)18(23)8-15/h2-8,10H,9,11H2,1H3,(H,24,28)(H,25,29)(H,26,30). The van der Waals surface area contributed by atoms with Gasteiger partial charge in [-0.25, -0.2) is 4.98 Å². The molecule has 0 aliphatic heterocycles. The van der Waals surface area contributed by atoms with E-state index in [1.165, 1.54) is 30.0 Å². The number of rotatable bonds is 8. The van der Waals surface area contributed by atoms with E-state index in [0.29, 0.717) is 37.1 Å². The van der Waals surface area contributed by atoms with Crippen molar-refractivity contribution in [3.05, 3.63) is 63.6 Å². The molecule has 11 heteroatoms. The molecule has 0 aliphatic carbocycles. The van der Waals surface area contributed by atoms with Crippen molar-refractivity contribution < 1.29 is 14.4 Å². The van der Waals surface area contributed by atoms with Gasteiger partial charge in [-0.2, -0.15) is 0 Å². The summed E-state index contributed by atoms with van der Waals surface area (Å²) in [5, 5.41) is 10.7. The molecular formula is C21H18Cl2N4O3S2. The van der Waals surface area contributed by atoms with Crippen LogP contribution in [0.15, 0.2) is 52.2 Å². The molecule has 0 fully saturated rings. The Bertz CT molecular complexity index is 1150. The Kier molecular flexibility index (Phi) is 8.52. The largest absolute Gasteiger partial charge is 0.326 e. The summed E-state index contributed by atoms with van der Waals surface area (Å²) in [6.07, 6.45) is 0.0967. The zero-order valence-corrected chi connectivity index (χ0v) is 19.9. The van der Waals surface area contributed by atoms with E-state index in [2.05, 4.69) is 20.9 Å². The lowest BCUT2D eigenvalue weighted by Gasteiger charge is -2.07. The Labute approximate surface area is 202 Å². The minimum absolute atomic E-state index is 0.0967. The number of thioether (sulfide) groups is 1. The second-order valence-electron chi connectivity index (χ2n) is 6.56. The predicted molar refractivity (Wildman–Crippen MR) is 131 cm³/mol. The highest BCUT2D eigenvalue weighted by Crippen LogP contribution is 2.26. The number of hydrogen-bond acceptors (Lipinski definition) is 6. The third-order valence-corrected chi connectivity index (χ3v) is 6.68. The highest BCUT2D eigenvalue weighted by molar-refractivity contribution is 8.01. The summed E-state index contributed by atoms with van der Waals surface area (Å²) in [4.78, 5) is 40.0. The van der Waals surface area contributed by atoms with E-state index in [9.17, 15) is 14.4 Å². The van der Waals surface area contributed by atoms with Crippen LogP contribution in [0.25, 0.3) is 0 Å². The van der Waals surface area contributed by atoms with Crippen LogP contribution in [0.3, 0.4) is 0 Å². The van der Waals surface area contributed by atoms with Crippen LogP contribution < -0.4 is 16.0 Å². The third-order valence-electron chi connectivity index (χ3n) is 3.87. The SMILES string of the molecule is CC(=O)Nc1cccc(NC(=O)CSc2nc(CC(=O)Nc3ccc(Cl)c(Cl)c3)cs2)c1. The molecule has 1 heterocycles. The van der Waals surface area contributed by atoms with E-state index in [1.54, 1.807) is 47.8 Å². The number of benzene rings is 2. The maximum atomic E-state index is 12.2. The first-order chi connectivity index (χ1) is 15.3. The van der Waals surface area contributed by atoms with Gasteiger partial charge in [-0.1, -0.05) is 41.0 Å². The Morgan fingerprint density at radius 3 is 2.34 bits per heavy atom. The molecule has 3 N–H and O–H groups in total. The molecule has 0 saturated heterocycles. The molecule has 7 nitrogen and oxygen atoms in total. The summed E-state index contributed by atoms with van der Waals surface area (Å²) in [5.74, 6) is -0.465. The molecule has 0 saturated carbocycles. The van der Waals surface area contributed by atoms with E-state index in [-0.39, 0.29) is 29.9 Å². The van der Waals surface area contributed by atoms with Crippen LogP contribution in [-0.2, 0) is 20.8 Å². The molecule has 3 rings (SSSR count). The summed E-state index contributed by atoms with van der Waals surface area (Å²) >= 11 is 14.5. The van der Waals surface area contributed by atoms with Crippen LogP contribution in [0.2, 0.25) is 10.0 Å².